The second-order valence-corrected chi connectivity index (χ2v) is 7.06. The maximum Gasteiger partial charge on any atom is 0.251 e. The van der Waals surface area contributed by atoms with Gasteiger partial charge in [0.2, 0.25) is 0 Å². The summed E-state index contributed by atoms with van der Waals surface area (Å²) in [6.45, 7) is 9.36. The first kappa shape index (κ1) is 21.9. The molecule has 1 heterocycles. The maximum absolute atomic E-state index is 13.9. The van der Waals surface area contributed by atoms with Crippen LogP contribution in [0.4, 0.5) is 10.1 Å². The monoisotopic (exact) mass is 415 g/mol. The van der Waals surface area contributed by atoms with Crippen molar-refractivity contribution in [2.75, 3.05) is 57.4 Å². The van der Waals surface area contributed by atoms with E-state index in [1.807, 2.05) is 26.0 Å². The van der Waals surface area contributed by atoms with Crippen molar-refractivity contribution >= 4 is 11.6 Å². The van der Waals surface area contributed by atoms with Gasteiger partial charge in [-0.25, -0.2) is 4.39 Å². The van der Waals surface area contributed by atoms with Gasteiger partial charge in [0.15, 0.2) is 11.5 Å². The number of nitrogens with zero attached hydrogens (tertiary/aromatic N) is 2. The van der Waals surface area contributed by atoms with E-state index in [9.17, 15) is 9.18 Å². The molecule has 2 aromatic rings. The second kappa shape index (κ2) is 10.8. The van der Waals surface area contributed by atoms with E-state index in [1.165, 1.54) is 6.07 Å². The van der Waals surface area contributed by atoms with Gasteiger partial charge in [-0.3, -0.25) is 9.69 Å². The molecule has 1 saturated heterocycles. The number of rotatable bonds is 9. The number of carbonyl (C=O) groups excluding carboxylic acids is 1. The SMILES string of the molecule is CCOc1ccc(C(=O)NCCN2CCN(c3ccccc3F)CC2)cc1OCC. The highest BCUT2D eigenvalue weighted by molar-refractivity contribution is 5.94. The normalized spacial score (nSPS) is 14.4. The predicted molar refractivity (Wildman–Crippen MR) is 116 cm³/mol. The first-order chi connectivity index (χ1) is 14.6. The summed E-state index contributed by atoms with van der Waals surface area (Å²) < 4.78 is 25.1. The molecule has 1 aliphatic heterocycles. The molecule has 1 N–H and O–H groups in total. The molecule has 0 aromatic heterocycles. The van der Waals surface area contributed by atoms with Crippen LogP contribution in [0.3, 0.4) is 0 Å². The van der Waals surface area contributed by atoms with Crippen LogP contribution in [-0.2, 0) is 0 Å². The van der Waals surface area contributed by atoms with Crippen molar-refractivity contribution in [2.24, 2.45) is 0 Å². The molecule has 0 bridgehead atoms. The lowest BCUT2D eigenvalue weighted by molar-refractivity contribution is 0.0947. The standard InChI is InChI=1S/C23H30FN3O3/c1-3-29-21-10-9-18(17-22(21)30-4-2)23(28)25-11-12-26-13-15-27(16-14-26)20-8-6-5-7-19(20)24/h5-10,17H,3-4,11-16H2,1-2H3,(H,25,28). The number of ether oxygens (including phenoxy) is 2. The average Bonchev–Trinajstić information content (AvgIpc) is 2.76. The molecule has 7 heteroatoms. The Morgan fingerprint density at radius 2 is 1.70 bits per heavy atom. The van der Waals surface area contributed by atoms with Crippen LogP contribution in [0.2, 0.25) is 0 Å². The lowest BCUT2D eigenvalue weighted by Crippen LogP contribution is -2.48. The van der Waals surface area contributed by atoms with Crippen LogP contribution < -0.4 is 19.7 Å². The molecule has 6 nitrogen and oxygen atoms in total. The van der Waals surface area contributed by atoms with Crippen LogP contribution in [0.5, 0.6) is 11.5 Å². The molecule has 30 heavy (non-hydrogen) atoms. The zero-order valence-corrected chi connectivity index (χ0v) is 17.7. The third-order valence-corrected chi connectivity index (χ3v) is 5.08. The molecule has 1 aliphatic rings. The Balaban J connectivity index is 1.46. The van der Waals surface area contributed by atoms with Gasteiger partial charge < -0.3 is 19.7 Å². The summed E-state index contributed by atoms with van der Waals surface area (Å²) >= 11 is 0. The summed E-state index contributed by atoms with van der Waals surface area (Å²) in [6, 6.07) is 12.1. The van der Waals surface area contributed by atoms with Gasteiger partial charge in [0, 0.05) is 44.8 Å². The van der Waals surface area contributed by atoms with Crippen LogP contribution in [0, 0.1) is 5.82 Å². The zero-order valence-electron chi connectivity index (χ0n) is 17.7. The lowest BCUT2D eigenvalue weighted by atomic mass is 10.2. The molecule has 1 amide bonds. The fourth-order valence-corrected chi connectivity index (χ4v) is 3.54. The number of hydrogen-bond donors (Lipinski definition) is 1. The number of amides is 1. The number of carbonyl (C=O) groups is 1. The highest BCUT2D eigenvalue weighted by Crippen LogP contribution is 2.28. The van der Waals surface area contributed by atoms with E-state index in [0.29, 0.717) is 42.5 Å². The van der Waals surface area contributed by atoms with Gasteiger partial charge in [-0.1, -0.05) is 12.1 Å². The molecule has 2 aromatic carbocycles. The topological polar surface area (TPSA) is 54.0 Å². The van der Waals surface area contributed by atoms with Crippen molar-refractivity contribution in [2.45, 2.75) is 13.8 Å². The van der Waals surface area contributed by atoms with Gasteiger partial charge in [-0.15, -0.1) is 0 Å². The van der Waals surface area contributed by atoms with Gasteiger partial charge in [-0.2, -0.15) is 0 Å². The summed E-state index contributed by atoms with van der Waals surface area (Å²) in [4.78, 5) is 16.9. The van der Waals surface area contributed by atoms with E-state index < -0.39 is 0 Å². The number of hydrogen-bond acceptors (Lipinski definition) is 5. The van der Waals surface area contributed by atoms with Gasteiger partial charge in [0.1, 0.15) is 5.82 Å². The first-order valence-corrected chi connectivity index (χ1v) is 10.5. The van der Waals surface area contributed by atoms with Crippen LogP contribution >= 0.6 is 0 Å². The smallest absolute Gasteiger partial charge is 0.251 e. The third-order valence-electron chi connectivity index (χ3n) is 5.08. The highest BCUT2D eigenvalue weighted by Gasteiger charge is 2.19. The number of para-hydroxylation sites is 1. The van der Waals surface area contributed by atoms with Crippen molar-refractivity contribution in [3.8, 4) is 11.5 Å². The summed E-state index contributed by atoms with van der Waals surface area (Å²) in [6.07, 6.45) is 0. The molecule has 3 rings (SSSR count). The summed E-state index contributed by atoms with van der Waals surface area (Å²) in [5, 5.41) is 2.97. The molecular weight excluding hydrogens is 385 g/mol. The Morgan fingerprint density at radius 1 is 1.00 bits per heavy atom. The number of halogens is 1. The van der Waals surface area contributed by atoms with E-state index in [4.69, 9.17) is 9.47 Å². The van der Waals surface area contributed by atoms with Gasteiger partial charge in [-0.05, 0) is 44.2 Å². The van der Waals surface area contributed by atoms with E-state index in [-0.39, 0.29) is 11.7 Å². The van der Waals surface area contributed by atoms with Crippen molar-refractivity contribution in [3.63, 3.8) is 0 Å². The summed E-state index contributed by atoms with van der Waals surface area (Å²) in [7, 11) is 0. The van der Waals surface area contributed by atoms with Crippen LogP contribution in [-0.4, -0.2) is 63.3 Å². The fourth-order valence-electron chi connectivity index (χ4n) is 3.54. The molecule has 162 valence electrons. The van der Waals surface area contributed by atoms with E-state index in [1.54, 1.807) is 24.3 Å². The minimum Gasteiger partial charge on any atom is -0.490 e. The maximum atomic E-state index is 13.9. The predicted octanol–water partition coefficient (Wildman–Crippen LogP) is 3.18. The van der Waals surface area contributed by atoms with Crippen LogP contribution in [0.25, 0.3) is 0 Å². The quantitative estimate of drug-likeness (QED) is 0.682. The third kappa shape index (κ3) is 5.63. The first-order valence-electron chi connectivity index (χ1n) is 10.5. The van der Waals surface area contributed by atoms with E-state index in [0.717, 1.165) is 32.7 Å². The zero-order chi connectivity index (χ0) is 21.3. The van der Waals surface area contributed by atoms with Crippen LogP contribution in [0.1, 0.15) is 24.2 Å². The van der Waals surface area contributed by atoms with E-state index >= 15 is 0 Å². The van der Waals surface area contributed by atoms with Crippen molar-refractivity contribution in [3.05, 3.63) is 53.8 Å². The largest absolute Gasteiger partial charge is 0.490 e. The minimum atomic E-state index is -0.181. The second-order valence-electron chi connectivity index (χ2n) is 7.06. The van der Waals surface area contributed by atoms with Gasteiger partial charge in [0.05, 0.1) is 18.9 Å². The number of benzene rings is 2. The number of anilines is 1. The summed E-state index contributed by atoms with van der Waals surface area (Å²) in [5.74, 6) is 0.906. The molecule has 0 saturated carbocycles. The van der Waals surface area contributed by atoms with E-state index in [2.05, 4.69) is 15.1 Å². The molecule has 0 spiro atoms. The van der Waals surface area contributed by atoms with Crippen molar-refractivity contribution in [1.29, 1.82) is 0 Å². The van der Waals surface area contributed by atoms with Crippen LogP contribution in [0.15, 0.2) is 42.5 Å². The molecule has 0 aliphatic carbocycles. The van der Waals surface area contributed by atoms with Crippen molar-refractivity contribution in [1.82, 2.24) is 10.2 Å². The molecule has 0 atom stereocenters. The molecule has 1 fully saturated rings. The van der Waals surface area contributed by atoms with Gasteiger partial charge >= 0.3 is 0 Å². The number of piperazine rings is 1. The molecule has 0 unspecified atom stereocenters. The average molecular weight is 416 g/mol. The minimum absolute atomic E-state index is 0.135. The Morgan fingerprint density at radius 3 is 2.40 bits per heavy atom. The lowest BCUT2D eigenvalue weighted by Gasteiger charge is -2.36. The highest BCUT2D eigenvalue weighted by atomic mass is 19.1. The molecule has 0 radical (unpaired) electrons. The Bertz CT molecular complexity index is 838. The number of nitrogens with one attached hydrogen (secondary N) is 1. The fraction of sp³-hybridized carbons (Fsp3) is 0.435. The Kier molecular flexibility index (Phi) is 7.90. The Labute approximate surface area is 177 Å². The van der Waals surface area contributed by atoms with Crippen molar-refractivity contribution < 1.29 is 18.7 Å². The Hall–Kier alpha value is -2.80. The molecular formula is C23H30FN3O3. The van der Waals surface area contributed by atoms with Gasteiger partial charge in [0.25, 0.3) is 5.91 Å². The summed E-state index contributed by atoms with van der Waals surface area (Å²) in [5.41, 5.74) is 1.21.